The number of rotatable bonds is 16. The number of carboxylic acids is 1. The predicted octanol–water partition coefficient (Wildman–Crippen LogP) is 0.306. The number of carboxylic acid groups (broad SMARTS) is 1. The van der Waals surface area contributed by atoms with Gasteiger partial charge in [-0.25, -0.2) is 4.79 Å². The summed E-state index contributed by atoms with van der Waals surface area (Å²) in [5, 5.41) is 13.5. The van der Waals surface area contributed by atoms with Gasteiger partial charge in [0.25, 0.3) is 0 Å². The van der Waals surface area contributed by atoms with Crippen molar-refractivity contribution in [2.75, 3.05) is 12.3 Å². The molecule has 0 heterocycles. The summed E-state index contributed by atoms with van der Waals surface area (Å²) in [5.41, 5.74) is 5.33. The van der Waals surface area contributed by atoms with Gasteiger partial charge in [-0.2, -0.15) is 12.6 Å². The lowest BCUT2D eigenvalue weighted by molar-refractivity contribution is -0.140. The Morgan fingerprint density at radius 1 is 1.20 bits per heavy atom. The van der Waals surface area contributed by atoms with E-state index in [0.717, 1.165) is 19.3 Å². The number of nitrogens with two attached hydrogens (primary N) is 1. The highest BCUT2D eigenvalue weighted by Crippen LogP contribution is 2.11. The van der Waals surface area contributed by atoms with Gasteiger partial charge in [0, 0.05) is 25.0 Å². The van der Waals surface area contributed by atoms with Crippen LogP contribution in [0.25, 0.3) is 0 Å². The highest BCUT2D eigenvalue weighted by molar-refractivity contribution is 7.80. The van der Waals surface area contributed by atoms with Crippen molar-refractivity contribution in [2.45, 2.75) is 64.0 Å². The lowest BCUT2D eigenvalue weighted by Gasteiger charge is -2.17. The molecule has 2 atom stereocenters. The first kappa shape index (κ1) is 27.6. The van der Waals surface area contributed by atoms with E-state index in [2.05, 4.69) is 23.3 Å². The fraction of sp³-hybridized carbons (Fsp3) is 0.632. The van der Waals surface area contributed by atoms with Crippen LogP contribution in [-0.4, -0.2) is 59.5 Å². The van der Waals surface area contributed by atoms with Crippen LogP contribution in [0.3, 0.4) is 0 Å². The second-order valence-electron chi connectivity index (χ2n) is 6.51. The molecule has 0 aromatic carbocycles. The molecular weight excluding hydrogens is 414 g/mol. The van der Waals surface area contributed by atoms with Gasteiger partial charge in [-0.3, -0.25) is 14.4 Å². The molecule has 11 heteroatoms. The first-order chi connectivity index (χ1) is 14.2. The minimum absolute atomic E-state index is 0.0287. The van der Waals surface area contributed by atoms with Crippen LogP contribution in [0.15, 0.2) is 11.8 Å². The van der Waals surface area contributed by atoms with Gasteiger partial charge in [-0.1, -0.05) is 19.8 Å². The average molecular weight is 446 g/mol. The minimum Gasteiger partial charge on any atom is -0.480 e. The number of esters is 1. The third kappa shape index (κ3) is 12.9. The SMILES string of the molecule is CCCCCC(=CCC=O)OC(=O)CNC(=O)C(CS)NC(=O)CCC(N)C(=O)O. The molecule has 30 heavy (non-hydrogen) atoms. The number of amides is 2. The first-order valence-electron chi connectivity index (χ1n) is 9.74. The van der Waals surface area contributed by atoms with Gasteiger partial charge >= 0.3 is 11.9 Å². The summed E-state index contributed by atoms with van der Waals surface area (Å²) in [5.74, 6) is -2.77. The highest BCUT2D eigenvalue weighted by atomic mass is 32.1. The second-order valence-corrected chi connectivity index (χ2v) is 6.87. The number of nitrogens with one attached hydrogen (secondary N) is 2. The summed E-state index contributed by atoms with van der Waals surface area (Å²) in [6.45, 7) is 1.61. The van der Waals surface area contributed by atoms with Crippen molar-refractivity contribution < 1.29 is 33.8 Å². The molecule has 2 amide bonds. The van der Waals surface area contributed by atoms with E-state index in [1.165, 1.54) is 6.08 Å². The van der Waals surface area contributed by atoms with Crippen molar-refractivity contribution in [2.24, 2.45) is 5.73 Å². The largest absolute Gasteiger partial charge is 0.480 e. The number of ether oxygens (including phenoxy) is 1. The van der Waals surface area contributed by atoms with Crippen LogP contribution < -0.4 is 16.4 Å². The van der Waals surface area contributed by atoms with Crippen LogP contribution in [0.2, 0.25) is 0 Å². The lowest BCUT2D eigenvalue weighted by Crippen LogP contribution is -2.49. The van der Waals surface area contributed by atoms with E-state index >= 15 is 0 Å². The molecule has 0 aliphatic rings. The Labute approximate surface area is 181 Å². The van der Waals surface area contributed by atoms with Crippen LogP contribution in [0.4, 0.5) is 0 Å². The maximum atomic E-state index is 12.2. The first-order valence-corrected chi connectivity index (χ1v) is 10.4. The standard InChI is InChI=1S/C19H31N3O7S/c1-2-3-4-6-13(7-5-10-23)29-17(25)11-21-18(26)15(12-30)22-16(24)9-8-14(20)19(27)28/h7,10,14-15,30H,2-6,8-9,11-12,20H2,1H3,(H,21,26)(H,22,24)(H,27,28). The van der Waals surface area contributed by atoms with Crippen LogP contribution in [0, 0.1) is 0 Å². The van der Waals surface area contributed by atoms with Crippen LogP contribution in [0.5, 0.6) is 0 Å². The fourth-order valence-corrected chi connectivity index (χ4v) is 2.52. The molecule has 0 rings (SSSR count). The van der Waals surface area contributed by atoms with Crippen molar-refractivity contribution in [1.82, 2.24) is 10.6 Å². The Kier molecular flexibility index (Phi) is 15.1. The van der Waals surface area contributed by atoms with Crippen molar-refractivity contribution in [3.8, 4) is 0 Å². The topological polar surface area (TPSA) is 165 Å². The number of thiol groups is 1. The third-order valence-electron chi connectivity index (χ3n) is 3.95. The monoisotopic (exact) mass is 445 g/mol. The zero-order chi connectivity index (χ0) is 22.9. The molecule has 0 bridgehead atoms. The summed E-state index contributed by atoms with van der Waals surface area (Å²) < 4.78 is 5.20. The molecule has 2 unspecified atom stereocenters. The van der Waals surface area contributed by atoms with E-state index in [1.807, 2.05) is 6.92 Å². The van der Waals surface area contributed by atoms with E-state index in [1.54, 1.807) is 0 Å². The molecular formula is C19H31N3O7S. The Hall–Kier alpha value is -2.40. The van der Waals surface area contributed by atoms with Gasteiger partial charge in [0.2, 0.25) is 11.8 Å². The van der Waals surface area contributed by atoms with Gasteiger partial charge in [-0.05, 0) is 18.9 Å². The number of allylic oxidation sites excluding steroid dienone is 2. The number of aliphatic carboxylic acids is 1. The molecule has 0 radical (unpaired) electrons. The van der Waals surface area contributed by atoms with E-state index in [4.69, 9.17) is 15.6 Å². The molecule has 170 valence electrons. The molecule has 0 saturated carbocycles. The van der Waals surface area contributed by atoms with Crippen molar-refractivity contribution >= 4 is 42.7 Å². The van der Waals surface area contributed by atoms with E-state index in [-0.39, 0.29) is 25.0 Å². The number of carbonyl (C=O) groups is 5. The number of carbonyl (C=O) groups excluding carboxylic acids is 4. The third-order valence-corrected chi connectivity index (χ3v) is 4.32. The summed E-state index contributed by atoms with van der Waals surface area (Å²) in [4.78, 5) is 57.2. The van der Waals surface area contributed by atoms with Gasteiger partial charge in [-0.15, -0.1) is 0 Å². The Morgan fingerprint density at radius 3 is 2.47 bits per heavy atom. The van der Waals surface area contributed by atoms with Gasteiger partial charge in [0.1, 0.15) is 30.7 Å². The Morgan fingerprint density at radius 2 is 1.90 bits per heavy atom. The Bertz CT molecular complexity index is 625. The maximum absolute atomic E-state index is 12.2. The van der Waals surface area contributed by atoms with Crippen LogP contribution in [-0.2, 0) is 28.7 Å². The molecule has 5 N–H and O–H groups in total. The zero-order valence-corrected chi connectivity index (χ0v) is 18.0. The smallest absolute Gasteiger partial charge is 0.330 e. The molecule has 0 aromatic rings. The molecule has 0 spiro atoms. The van der Waals surface area contributed by atoms with Crippen molar-refractivity contribution in [1.29, 1.82) is 0 Å². The summed E-state index contributed by atoms with van der Waals surface area (Å²) in [6, 6.07) is -2.18. The van der Waals surface area contributed by atoms with Gasteiger partial charge in [0.05, 0.1) is 0 Å². The highest BCUT2D eigenvalue weighted by Gasteiger charge is 2.21. The molecule has 0 fully saturated rings. The number of aldehydes is 1. The fourth-order valence-electron chi connectivity index (χ4n) is 2.26. The van der Waals surface area contributed by atoms with E-state index in [9.17, 15) is 24.0 Å². The molecule has 0 saturated heterocycles. The van der Waals surface area contributed by atoms with Gasteiger partial charge < -0.3 is 31.0 Å². The quantitative estimate of drug-likeness (QED) is 0.0744. The number of hydrogen-bond acceptors (Lipinski definition) is 8. The summed E-state index contributed by atoms with van der Waals surface area (Å²) in [7, 11) is 0. The summed E-state index contributed by atoms with van der Waals surface area (Å²) in [6.07, 6.45) is 5.35. The van der Waals surface area contributed by atoms with Crippen LogP contribution in [0.1, 0.15) is 51.9 Å². The molecule has 0 aromatic heterocycles. The molecule has 10 nitrogen and oxygen atoms in total. The maximum Gasteiger partial charge on any atom is 0.330 e. The minimum atomic E-state index is -1.22. The second kappa shape index (κ2) is 16.4. The van der Waals surface area contributed by atoms with Crippen molar-refractivity contribution in [3.05, 3.63) is 11.8 Å². The summed E-state index contributed by atoms with van der Waals surface area (Å²) >= 11 is 4.00. The Balaban J connectivity index is 4.52. The number of hydrogen-bond donors (Lipinski definition) is 5. The van der Waals surface area contributed by atoms with E-state index in [0.29, 0.717) is 18.5 Å². The molecule has 0 aliphatic heterocycles. The average Bonchev–Trinajstić information content (AvgIpc) is 2.72. The van der Waals surface area contributed by atoms with E-state index < -0.39 is 42.4 Å². The van der Waals surface area contributed by atoms with Crippen LogP contribution >= 0.6 is 12.6 Å². The normalized spacial score (nSPS) is 13.1. The molecule has 0 aliphatic carbocycles. The zero-order valence-electron chi connectivity index (χ0n) is 17.1. The predicted molar refractivity (Wildman–Crippen MR) is 113 cm³/mol. The van der Waals surface area contributed by atoms with Crippen molar-refractivity contribution in [3.63, 3.8) is 0 Å². The number of unbranched alkanes of at least 4 members (excludes halogenated alkanes) is 2. The van der Waals surface area contributed by atoms with Gasteiger partial charge in [0.15, 0.2) is 0 Å². The lowest BCUT2D eigenvalue weighted by atomic mass is 10.1.